The number of phenols is 1. The maximum atomic E-state index is 12.8. The molecule has 1 aromatic carbocycles. The number of nitrogens with zero attached hydrogens (tertiary/aromatic N) is 1. The highest BCUT2D eigenvalue weighted by Crippen LogP contribution is 2.40. The minimum Gasteiger partial charge on any atom is -0.503 e. The smallest absolute Gasteiger partial charge is 0.266 e. The van der Waals surface area contributed by atoms with Gasteiger partial charge in [0.1, 0.15) is 4.32 Å². The zero-order valence-corrected chi connectivity index (χ0v) is 17.2. The van der Waals surface area contributed by atoms with Crippen molar-refractivity contribution in [3.05, 3.63) is 27.1 Å². The van der Waals surface area contributed by atoms with E-state index in [-0.39, 0.29) is 17.7 Å². The molecule has 7 heteroatoms. The second-order valence-corrected chi connectivity index (χ2v) is 8.66. The van der Waals surface area contributed by atoms with Crippen LogP contribution in [0.4, 0.5) is 0 Å². The van der Waals surface area contributed by atoms with Crippen molar-refractivity contribution in [2.75, 3.05) is 6.61 Å². The first-order valence-corrected chi connectivity index (χ1v) is 10.5. The van der Waals surface area contributed by atoms with Gasteiger partial charge in [0.05, 0.1) is 16.0 Å². The average molecular weight is 442 g/mol. The molecule has 1 amide bonds. The summed E-state index contributed by atoms with van der Waals surface area (Å²) in [6, 6.07) is 3.74. The number of hydrogen-bond donors (Lipinski definition) is 1. The van der Waals surface area contributed by atoms with E-state index in [9.17, 15) is 9.90 Å². The molecule has 25 heavy (non-hydrogen) atoms. The van der Waals surface area contributed by atoms with Crippen molar-refractivity contribution < 1.29 is 14.6 Å². The number of aromatic hydroxyl groups is 1. The van der Waals surface area contributed by atoms with Crippen LogP contribution in [0.2, 0.25) is 0 Å². The van der Waals surface area contributed by atoms with Crippen LogP contribution in [0.1, 0.15) is 44.6 Å². The third kappa shape index (κ3) is 4.04. The number of rotatable bonds is 4. The van der Waals surface area contributed by atoms with E-state index in [0.717, 1.165) is 31.2 Å². The van der Waals surface area contributed by atoms with Crippen LogP contribution in [-0.4, -0.2) is 32.9 Å². The zero-order valence-electron chi connectivity index (χ0n) is 14.0. The second kappa shape index (κ2) is 8.10. The van der Waals surface area contributed by atoms with Crippen LogP contribution < -0.4 is 4.74 Å². The Morgan fingerprint density at radius 3 is 2.80 bits per heavy atom. The Morgan fingerprint density at radius 2 is 2.12 bits per heavy atom. The molecule has 1 aromatic rings. The van der Waals surface area contributed by atoms with Crippen LogP contribution in [0.25, 0.3) is 6.08 Å². The zero-order chi connectivity index (χ0) is 18.0. The van der Waals surface area contributed by atoms with Crippen molar-refractivity contribution in [2.24, 2.45) is 0 Å². The van der Waals surface area contributed by atoms with E-state index in [1.165, 1.54) is 18.2 Å². The number of carbonyl (C=O) groups is 1. The quantitative estimate of drug-likeness (QED) is 0.520. The fourth-order valence-electron chi connectivity index (χ4n) is 3.23. The predicted octanol–water partition coefficient (Wildman–Crippen LogP) is 5.09. The van der Waals surface area contributed by atoms with Gasteiger partial charge in [-0.1, -0.05) is 43.2 Å². The number of carbonyl (C=O) groups excluding carboxylic acids is 1. The highest BCUT2D eigenvalue weighted by atomic mass is 79.9. The molecule has 4 nitrogen and oxygen atoms in total. The maximum absolute atomic E-state index is 12.8. The van der Waals surface area contributed by atoms with Crippen LogP contribution in [0.15, 0.2) is 21.5 Å². The summed E-state index contributed by atoms with van der Waals surface area (Å²) in [4.78, 5) is 15.3. The van der Waals surface area contributed by atoms with E-state index >= 15 is 0 Å². The molecule has 0 spiro atoms. The van der Waals surface area contributed by atoms with Gasteiger partial charge < -0.3 is 9.84 Å². The second-order valence-electron chi connectivity index (χ2n) is 6.13. The van der Waals surface area contributed by atoms with Gasteiger partial charge in [0.2, 0.25) is 0 Å². The van der Waals surface area contributed by atoms with Crippen LogP contribution in [0.3, 0.4) is 0 Å². The molecule has 0 aromatic heterocycles. The van der Waals surface area contributed by atoms with Gasteiger partial charge in [-0.05, 0) is 59.5 Å². The number of amides is 1. The Labute approximate surface area is 165 Å². The van der Waals surface area contributed by atoms with Crippen LogP contribution in [0.5, 0.6) is 11.5 Å². The number of halogens is 1. The minimum atomic E-state index is -0.0101. The highest BCUT2D eigenvalue weighted by molar-refractivity contribution is 9.10. The molecule has 0 radical (unpaired) electrons. The predicted molar refractivity (Wildman–Crippen MR) is 109 cm³/mol. The Hall–Kier alpha value is -1.05. The molecule has 1 saturated carbocycles. The largest absolute Gasteiger partial charge is 0.503 e. The summed E-state index contributed by atoms with van der Waals surface area (Å²) in [6.07, 6.45) is 7.42. The first-order valence-electron chi connectivity index (χ1n) is 8.43. The van der Waals surface area contributed by atoms with Gasteiger partial charge in [0, 0.05) is 6.04 Å². The van der Waals surface area contributed by atoms with Gasteiger partial charge in [-0.3, -0.25) is 9.69 Å². The fraction of sp³-hybridized carbons (Fsp3) is 0.444. The molecule has 0 atom stereocenters. The molecule has 3 rings (SSSR count). The van der Waals surface area contributed by atoms with Crippen molar-refractivity contribution in [2.45, 2.75) is 45.1 Å². The molecule has 1 saturated heterocycles. The summed E-state index contributed by atoms with van der Waals surface area (Å²) in [5, 5.41) is 10.0. The lowest BCUT2D eigenvalue weighted by molar-refractivity contribution is -0.124. The number of ether oxygens (including phenoxy) is 1. The third-order valence-electron chi connectivity index (χ3n) is 4.41. The van der Waals surface area contributed by atoms with E-state index in [1.807, 2.05) is 13.0 Å². The fourth-order valence-corrected chi connectivity index (χ4v) is 5.09. The third-order valence-corrected chi connectivity index (χ3v) is 6.35. The topological polar surface area (TPSA) is 49.8 Å². The van der Waals surface area contributed by atoms with E-state index in [0.29, 0.717) is 26.1 Å². The Balaban J connectivity index is 1.86. The molecule has 134 valence electrons. The summed E-state index contributed by atoms with van der Waals surface area (Å²) in [5.74, 6) is 0.448. The molecule has 0 bridgehead atoms. The lowest BCUT2D eigenvalue weighted by Gasteiger charge is -2.29. The Bertz CT molecular complexity index is 729. The van der Waals surface area contributed by atoms with Crippen molar-refractivity contribution in [1.29, 1.82) is 0 Å². The molecule has 1 aliphatic heterocycles. The van der Waals surface area contributed by atoms with Gasteiger partial charge in [-0.15, -0.1) is 0 Å². The molecule has 1 aliphatic carbocycles. The summed E-state index contributed by atoms with van der Waals surface area (Å²) >= 11 is 10.1. The van der Waals surface area contributed by atoms with E-state index in [1.54, 1.807) is 17.0 Å². The van der Waals surface area contributed by atoms with E-state index in [4.69, 9.17) is 17.0 Å². The number of thiocarbonyl (C=S) groups is 1. The van der Waals surface area contributed by atoms with Gasteiger partial charge in [-0.25, -0.2) is 0 Å². The summed E-state index contributed by atoms with van der Waals surface area (Å²) in [5.41, 5.74) is 0.789. The standard InChI is InChI=1S/C18H20BrNO3S2/c1-2-23-14-9-11(8-13(19)16(14)21)10-15-17(22)20(18(24)25-15)12-6-4-3-5-7-12/h8-10,12,21H,2-7H2,1H3. The van der Waals surface area contributed by atoms with E-state index in [2.05, 4.69) is 15.9 Å². The first kappa shape index (κ1) is 18.7. The number of thioether (sulfide) groups is 1. The van der Waals surface area contributed by atoms with Crippen LogP contribution >= 0.6 is 39.9 Å². The minimum absolute atomic E-state index is 0.0101. The number of hydrogen-bond acceptors (Lipinski definition) is 5. The molecule has 2 fully saturated rings. The molecular weight excluding hydrogens is 422 g/mol. The van der Waals surface area contributed by atoms with Crippen LogP contribution in [0, 0.1) is 0 Å². The number of phenolic OH excluding ortho intramolecular Hbond substituents is 1. The normalized spacial score (nSPS) is 20.6. The Morgan fingerprint density at radius 1 is 1.40 bits per heavy atom. The molecular formula is C18H20BrNO3S2. The molecule has 2 aliphatic rings. The van der Waals surface area contributed by atoms with Crippen molar-refractivity contribution in [3.63, 3.8) is 0 Å². The summed E-state index contributed by atoms with van der Waals surface area (Å²) in [7, 11) is 0. The Kier molecular flexibility index (Phi) is 6.07. The lowest BCUT2D eigenvalue weighted by Crippen LogP contribution is -2.39. The van der Waals surface area contributed by atoms with Gasteiger partial charge >= 0.3 is 0 Å². The lowest BCUT2D eigenvalue weighted by atomic mass is 9.94. The van der Waals surface area contributed by atoms with Crippen molar-refractivity contribution in [3.8, 4) is 11.5 Å². The monoisotopic (exact) mass is 441 g/mol. The molecule has 1 N–H and O–H groups in total. The highest BCUT2D eigenvalue weighted by Gasteiger charge is 2.37. The maximum Gasteiger partial charge on any atom is 0.266 e. The summed E-state index contributed by atoms with van der Waals surface area (Å²) < 4.78 is 6.63. The average Bonchev–Trinajstić information content (AvgIpc) is 2.87. The van der Waals surface area contributed by atoms with Gasteiger partial charge in [-0.2, -0.15) is 0 Å². The molecule has 1 heterocycles. The van der Waals surface area contributed by atoms with Gasteiger partial charge in [0.25, 0.3) is 5.91 Å². The van der Waals surface area contributed by atoms with Crippen LogP contribution in [-0.2, 0) is 4.79 Å². The number of benzene rings is 1. The summed E-state index contributed by atoms with van der Waals surface area (Å²) in [6.45, 7) is 2.31. The molecule has 0 unspecified atom stereocenters. The van der Waals surface area contributed by atoms with Crippen molar-refractivity contribution >= 4 is 56.2 Å². The SMILES string of the molecule is CCOc1cc(C=C2SC(=S)N(C3CCCCC3)C2=O)cc(Br)c1O. The van der Waals surface area contributed by atoms with E-state index < -0.39 is 0 Å². The van der Waals surface area contributed by atoms with Crippen molar-refractivity contribution in [1.82, 2.24) is 4.90 Å². The first-order chi connectivity index (χ1) is 12.0. The van der Waals surface area contributed by atoms with Gasteiger partial charge in [0.15, 0.2) is 11.5 Å².